The first-order chi connectivity index (χ1) is 14.0. The molecule has 0 unspecified atom stereocenters. The average molecular weight is 398 g/mol. The summed E-state index contributed by atoms with van der Waals surface area (Å²) in [5.41, 5.74) is 1.31. The van der Waals surface area contributed by atoms with Gasteiger partial charge in [-0.1, -0.05) is 18.2 Å². The number of nitrogens with one attached hydrogen (secondary N) is 1. The van der Waals surface area contributed by atoms with E-state index in [2.05, 4.69) is 5.32 Å². The van der Waals surface area contributed by atoms with E-state index in [9.17, 15) is 14.7 Å². The maximum atomic E-state index is 12.7. The minimum absolute atomic E-state index is 0.0179. The molecule has 29 heavy (non-hydrogen) atoms. The Kier molecular flexibility index (Phi) is 6.59. The van der Waals surface area contributed by atoms with Crippen LogP contribution in [-0.2, 0) is 9.59 Å². The highest BCUT2D eigenvalue weighted by atomic mass is 16.5. The third kappa shape index (κ3) is 5.63. The molecule has 2 N–H and O–H groups in total. The van der Waals surface area contributed by atoms with Crippen LogP contribution in [0, 0.1) is 6.92 Å². The predicted molar refractivity (Wildman–Crippen MR) is 109 cm³/mol. The van der Waals surface area contributed by atoms with Crippen molar-refractivity contribution in [3.05, 3.63) is 48.0 Å². The Hall–Kier alpha value is -3.22. The average Bonchev–Trinajstić information content (AvgIpc) is 3.54. The second kappa shape index (κ2) is 9.32. The lowest BCUT2D eigenvalue weighted by molar-refractivity contribution is -0.134. The molecule has 0 radical (unpaired) electrons. The fourth-order valence-electron chi connectivity index (χ4n) is 3.04. The number of benzene rings is 2. The number of para-hydroxylation sites is 2. The molecule has 0 spiro atoms. The van der Waals surface area contributed by atoms with Crippen molar-refractivity contribution in [2.75, 3.05) is 25.6 Å². The molecule has 2 aromatic carbocycles. The number of carbonyl (C=O) groups is 2. The SMILES string of the molecule is COc1ccccc1OCC(=O)N(CCC(=O)Nc1cc(C)ccc1O)C1CC1. The van der Waals surface area contributed by atoms with E-state index in [-0.39, 0.29) is 36.6 Å². The summed E-state index contributed by atoms with van der Waals surface area (Å²) in [6, 6.07) is 12.3. The first kappa shape index (κ1) is 20.5. The first-order valence-corrected chi connectivity index (χ1v) is 9.62. The van der Waals surface area contributed by atoms with Crippen LogP contribution in [0.2, 0.25) is 0 Å². The number of nitrogens with zero attached hydrogens (tertiary/aromatic N) is 1. The number of aromatic hydroxyl groups is 1. The first-order valence-electron chi connectivity index (χ1n) is 9.62. The summed E-state index contributed by atoms with van der Waals surface area (Å²) >= 11 is 0. The van der Waals surface area contributed by atoms with Crippen molar-refractivity contribution in [2.24, 2.45) is 0 Å². The number of ether oxygens (including phenoxy) is 2. The summed E-state index contributed by atoms with van der Waals surface area (Å²) in [4.78, 5) is 26.7. The van der Waals surface area contributed by atoms with E-state index in [0.717, 1.165) is 18.4 Å². The van der Waals surface area contributed by atoms with Crippen LogP contribution in [0.25, 0.3) is 0 Å². The molecule has 0 aliphatic heterocycles. The summed E-state index contributed by atoms with van der Waals surface area (Å²) in [6.45, 7) is 2.07. The van der Waals surface area contributed by atoms with Crippen LogP contribution in [0.5, 0.6) is 17.2 Å². The number of phenolic OH excluding ortho intramolecular Hbond substituents is 1. The summed E-state index contributed by atoms with van der Waals surface area (Å²) in [5.74, 6) is 0.672. The minimum Gasteiger partial charge on any atom is -0.506 e. The Labute approximate surface area is 170 Å². The van der Waals surface area contributed by atoms with Gasteiger partial charge in [0.15, 0.2) is 18.1 Å². The Morgan fingerprint density at radius 3 is 2.59 bits per heavy atom. The van der Waals surface area contributed by atoms with Crippen molar-refractivity contribution in [2.45, 2.75) is 32.2 Å². The Balaban J connectivity index is 1.54. The summed E-state index contributed by atoms with van der Waals surface area (Å²) in [7, 11) is 1.55. The number of phenols is 1. The molecule has 154 valence electrons. The maximum Gasteiger partial charge on any atom is 0.260 e. The smallest absolute Gasteiger partial charge is 0.260 e. The molecule has 0 atom stereocenters. The zero-order valence-electron chi connectivity index (χ0n) is 16.7. The van der Waals surface area contributed by atoms with E-state index in [1.54, 1.807) is 42.3 Å². The zero-order chi connectivity index (χ0) is 20.8. The lowest BCUT2D eigenvalue weighted by Gasteiger charge is -2.22. The van der Waals surface area contributed by atoms with Crippen LogP contribution in [0.3, 0.4) is 0 Å². The van der Waals surface area contributed by atoms with E-state index < -0.39 is 0 Å². The number of rotatable bonds is 9. The molecule has 0 aromatic heterocycles. The van der Waals surface area contributed by atoms with Crippen molar-refractivity contribution in [1.82, 2.24) is 4.90 Å². The summed E-state index contributed by atoms with van der Waals surface area (Å²) < 4.78 is 10.9. The number of amides is 2. The number of carbonyl (C=O) groups excluding carboxylic acids is 2. The largest absolute Gasteiger partial charge is 0.506 e. The molecule has 0 saturated heterocycles. The Morgan fingerprint density at radius 1 is 1.17 bits per heavy atom. The van der Waals surface area contributed by atoms with Crippen molar-refractivity contribution >= 4 is 17.5 Å². The van der Waals surface area contributed by atoms with Crippen LogP contribution in [-0.4, -0.2) is 48.1 Å². The van der Waals surface area contributed by atoms with Crippen LogP contribution < -0.4 is 14.8 Å². The highest BCUT2D eigenvalue weighted by Crippen LogP contribution is 2.29. The van der Waals surface area contributed by atoms with Gasteiger partial charge in [-0.3, -0.25) is 9.59 Å². The fourth-order valence-corrected chi connectivity index (χ4v) is 3.04. The Bertz CT molecular complexity index is 879. The van der Waals surface area contributed by atoms with Crippen LogP contribution in [0.4, 0.5) is 5.69 Å². The molecule has 7 nitrogen and oxygen atoms in total. The van der Waals surface area contributed by atoms with E-state index in [1.807, 2.05) is 19.1 Å². The van der Waals surface area contributed by atoms with Gasteiger partial charge < -0.3 is 24.8 Å². The van der Waals surface area contributed by atoms with E-state index in [0.29, 0.717) is 23.7 Å². The normalized spacial score (nSPS) is 12.9. The third-order valence-electron chi connectivity index (χ3n) is 4.73. The second-order valence-corrected chi connectivity index (χ2v) is 7.08. The molecule has 0 bridgehead atoms. The van der Waals surface area contributed by atoms with Gasteiger partial charge in [0.05, 0.1) is 12.8 Å². The molecular formula is C22H26N2O5. The fraction of sp³-hybridized carbons (Fsp3) is 0.364. The Morgan fingerprint density at radius 2 is 1.90 bits per heavy atom. The van der Waals surface area contributed by atoms with Gasteiger partial charge in [0.25, 0.3) is 5.91 Å². The van der Waals surface area contributed by atoms with Crippen LogP contribution in [0.1, 0.15) is 24.8 Å². The summed E-state index contributed by atoms with van der Waals surface area (Å²) in [5, 5.41) is 12.6. The number of methoxy groups -OCH3 is 1. The topological polar surface area (TPSA) is 88.1 Å². The standard InChI is InChI=1S/C22H26N2O5/c1-15-7-10-18(25)17(13-15)23-21(26)11-12-24(16-8-9-16)22(27)14-29-20-6-4-3-5-19(20)28-2/h3-7,10,13,16,25H,8-9,11-12,14H2,1-2H3,(H,23,26). The zero-order valence-corrected chi connectivity index (χ0v) is 16.7. The molecule has 1 fully saturated rings. The monoisotopic (exact) mass is 398 g/mol. The number of hydrogen-bond donors (Lipinski definition) is 2. The highest BCUT2D eigenvalue weighted by molar-refractivity contribution is 5.92. The van der Waals surface area contributed by atoms with Crippen molar-refractivity contribution in [3.63, 3.8) is 0 Å². The number of anilines is 1. The van der Waals surface area contributed by atoms with Crippen molar-refractivity contribution in [1.29, 1.82) is 0 Å². The maximum absolute atomic E-state index is 12.7. The molecule has 2 aromatic rings. The van der Waals surface area contributed by atoms with Crippen molar-refractivity contribution < 1.29 is 24.2 Å². The van der Waals surface area contributed by atoms with Gasteiger partial charge >= 0.3 is 0 Å². The van der Waals surface area contributed by atoms with Crippen LogP contribution >= 0.6 is 0 Å². The molecule has 2 amide bonds. The minimum atomic E-state index is -0.255. The lowest BCUT2D eigenvalue weighted by atomic mass is 10.2. The van der Waals surface area contributed by atoms with Crippen molar-refractivity contribution in [3.8, 4) is 17.2 Å². The molecule has 7 heteroatoms. The van der Waals surface area contributed by atoms with Gasteiger partial charge in [0.1, 0.15) is 5.75 Å². The number of hydrogen-bond acceptors (Lipinski definition) is 5. The molecule has 1 aliphatic carbocycles. The predicted octanol–water partition coefficient (Wildman–Crippen LogP) is 3.11. The molecule has 1 aliphatic rings. The molecule has 3 rings (SSSR count). The van der Waals surface area contributed by atoms with Crippen LogP contribution in [0.15, 0.2) is 42.5 Å². The van der Waals surface area contributed by atoms with Gasteiger partial charge in [0, 0.05) is 19.0 Å². The number of aryl methyl sites for hydroxylation is 1. The molecular weight excluding hydrogens is 372 g/mol. The molecule has 0 heterocycles. The van der Waals surface area contributed by atoms with E-state index in [1.165, 1.54) is 0 Å². The molecule has 1 saturated carbocycles. The lowest BCUT2D eigenvalue weighted by Crippen LogP contribution is -2.38. The quantitative estimate of drug-likeness (QED) is 0.634. The van der Waals surface area contributed by atoms with Gasteiger partial charge in [-0.05, 0) is 49.6 Å². The second-order valence-electron chi connectivity index (χ2n) is 7.08. The van der Waals surface area contributed by atoms with E-state index >= 15 is 0 Å². The van der Waals surface area contributed by atoms with Gasteiger partial charge in [0.2, 0.25) is 5.91 Å². The summed E-state index contributed by atoms with van der Waals surface area (Å²) in [6.07, 6.45) is 2.01. The van der Waals surface area contributed by atoms with Gasteiger partial charge in [-0.25, -0.2) is 0 Å². The van der Waals surface area contributed by atoms with Gasteiger partial charge in [-0.15, -0.1) is 0 Å². The van der Waals surface area contributed by atoms with Gasteiger partial charge in [-0.2, -0.15) is 0 Å². The highest BCUT2D eigenvalue weighted by Gasteiger charge is 2.32. The third-order valence-corrected chi connectivity index (χ3v) is 4.73. The van der Waals surface area contributed by atoms with E-state index in [4.69, 9.17) is 9.47 Å².